The van der Waals surface area contributed by atoms with Crippen LogP contribution in [0, 0.1) is 5.92 Å². The Morgan fingerprint density at radius 2 is 2.18 bits per heavy atom. The number of hydrogen-bond donors (Lipinski definition) is 1. The van der Waals surface area contributed by atoms with Crippen molar-refractivity contribution in [3.05, 3.63) is 29.8 Å². The number of ether oxygens (including phenoxy) is 1. The SMILES string of the molecule is CCOc1ccccc1C1CCC(C(=O)O)C1. The zero-order chi connectivity index (χ0) is 12.3. The smallest absolute Gasteiger partial charge is 0.306 e. The molecule has 3 nitrogen and oxygen atoms in total. The van der Waals surface area contributed by atoms with Gasteiger partial charge in [0.05, 0.1) is 12.5 Å². The van der Waals surface area contributed by atoms with Gasteiger partial charge < -0.3 is 9.84 Å². The van der Waals surface area contributed by atoms with Gasteiger partial charge in [0.15, 0.2) is 0 Å². The van der Waals surface area contributed by atoms with Crippen LogP contribution < -0.4 is 4.74 Å². The fraction of sp³-hybridized carbons (Fsp3) is 0.500. The number of carboxylic acid groups (broad SMARTS) is 1. The minimum atomic E-state index is -0.665. The van der Waals surface area contributed by atoms with E-state index in [1.54, 1.807) is 0 Å². The fourth-order valence-electron chi connectivity index (χ4n) is 2.59. The van der Waals surface area contributed by atoms with Gasteiger partial charge >= 0.3 is 5.97 Å². The van der Waals surface area contributed by atoms with Crippen LogP contribution in [0.2, 0.25) is 0 Å². The first kappa shape index (κ1) is 12.0. The summed E-state index contributed by atoms with van der Waals surface area (Å²) in [5.41, 5.74) is 1.16. The lowest BCUT2D eigenvalue weighted by Crippen LogP contribution is -2.09. The van der Waals surface area contributed by atoms with Gasteiger partial charge in [-0.1, -0.05) is 18.2 Å². The molecule has 0 saturated heterocycles. The predicted octanol–water partition coefficient (Wildman–Crippen LogP) is 3.05. The largest absolute Gasteiger partial charge is 0.494 e. The molecule has 0 amide bonds. The van der Waals surface area contributed by atoms with E-state index in [0.717, 1.165) is 30.6 Å². The zero-order valence-electron chi connectivity index (χ0n) is 10.1. The van der Waals surface area contributed by atoms with Crippen LogP contribution in [0.4, 0.5) is 0 Å². The molecule has 1 aliphatic rings. The first-order chi connectivity index (χ1) is 8.22. The molecule has 3 heteroatoms. The topological polar surface area (TPSA) is 46.5 Å². The van der Waals surface area contributed by atoms with Crippen molar-refractivity contribution in [1.82, 2.24) is 0 Å². The molecular weight excluding hydrogens is 216 g/mol. The number of rotatable bonds is 4. The van der Waals surface area contributed by atoms with Crippen molar-refractivity contribution in [2.45, 2.75) is 32.1 Å². The van der Waals surface area contributed by atoms with E-state index in [9.17, 15) is 4.79 Å². The van der Waals surface area contributed by atoms with Gasteiger partial charge in [0, 0.05) is 0 Å². The molecule has 0 radical (unpaired) electrons. The van der Waals surface area contributed by atoms with Crippen LogP contribution in [0.5, 0.6) is 5.75 Å². The third kappa shape index (κ3) is 2.60. The number of carbonyl (C=O) groups is 1. The summed E-state index contributed by atoms with van der Waals surface area (Å²) >= 11 is 0. The maximum absolute atomic E-state index is 11.0. The highest BCUT2D eigenvalue weighted by Gasteiger charge is 2.31. The zero-order valence-corrected chi connectivity index (χ0v) is 10.1. The van der Waals surface area contributed by atoms with E-state index >= 15 is 0 Å². The van der Waals surface area contributed by atoms with E-state index in [0.29, 0.717) is 12.5 Å². The van der Waals surface area contributed by atoms with Gasteiger partial charge in [0.1, 0.15) is 5.75 Å². The molecule has 0 spiro atoms. The maximum atomic E-state index is 11.0. The molecule has 92 valence electrons. The molecule has 2 rings (SSSR count). The van der Waals surface area contributed by atoms with Gasteiger partial charge in [-0.2, -0.15) is 0 Å². The highest BCUT2D eigenvalue weighted by molar-refractivity contribution is 5.70. The summed E-state index contributed by atoms with van der Waals surface area (Å²) in [5, 5.41) is 9.02. The third-order valence-electron chi connectivity index (χ3n) is 3.44. The second-order valence-corrected chi connectivity index (χ2v) is 4.52. The van der Waals surface area contributed by atoms with Gasteiger partial charge in [-0.05, 0) is 43.7 Å². The van der Waals surface area contributed by atoms with Crippen LogP contribution in [-0.2, 0) is 4.79 Å². The molecule has 17 heavy (non-hydrogen) atoms. The molecule has 0 bridgehead atoms. The van der Waals surface area contributed by atoms with Crippen molar-refractivity contribution in [2.75, 3.05) is 6.61 Å². The second-order valence-electron chi connectivity index (χ2n) is 4.52. The predicted molar refractivity (Wildman–Crippen MR) is 65.3 cm³/mol. The molecule has 1 saturated carbocycles. The summed E-state index contributed by atoms with van der Waals surface area (Å²) in [6.07, 6.45) is 2.46. The number of benzene rings is 1. The summed E-state index contributed by atoms with van der Waals surface area (Å²) in [6.45, 7) is 2.61. The van der Waals surface area contributed by atoms with E-state index in [2.05, 4.69) is 6.07 Å². The molecule has 1 aliphatic carbocycles. The van der Waals surface area contributed by atoms with Gasteiger partial charge in [-0.15, -0.1) is 0 Å². The fourth-order valence-corrected chi connectivity index (χ4v) is 2.59. The lowest BCUT2D eigenvalue weighted by molar-refractivity contribution is -0.141. The van der Waals surface area contributed by atoms with Crippen LogP contribution in [-0.4, -0.2) is 17.7 Å². The van der Waals surface area contributed by atoms with Crippen LogP contribution in [0.15, 0.2) is 24.3 Å². The number of aliphatic carboxylic acids is 1. The van der Waals surface area contributed by atoms with E-state index in [4.69, 9.17) is 9.84 Å². The summed E-state index contributed by atoms with van der Waals surface area (Å²) in [7, 11) is 0. The Bertz CT molecular complexity index is 400. The Hall–Kier alpha value is -1.51. The van der Waals surface area contributed by atoms with Crippen molar-refractivity contribution in [3.63, 3.8) is 0 Å². The Balaban J connectivity index is 2.15. The Morgan fingerprint density at radius 1 is 1.41 bits per heavy atom. The van der Waals surface area contributed by atoms with Crippen molar-refractivity contribution < 1.29 is 14.6 Å². The minimum Gasteiger partial charge on any atom is -0.494 e. The molecule has 2 unspecified atom stereocenters. The van der Waals surface area contributed by atoms with Gasteiger partial charge in [-0.25, -0.2) is 0 Å². The lowest BCUT2D eigenvalue weighted by atomic mass is 9.95. The molecule has 1 fully saturated rings. The molecule has 1 aromatic rings. The molecule has 1 aromatic carbocycles. The number of carboxylic acids is 1. The van der Waals surface area contributed by atoms with Crippen molar-refractivity contribution >= 4 is 5.97 Å². The molecular formula is C14H18O3. The van der Waals surface area contributed by atoms with Gasteiger partial charge in [0.2, 0.25) is 0 Å². The van der Waals surface area contributed by atoms with Crippen LogP contribution in [0.1, 0.15) is 37.7 Å². The highest BCUT2D eigenvalue weighted by atomic mass is 16.5. The summed E-state index contributed by atoms with van der Waals surface area (Å²) < 4.78 is 5.60. The second kappa shape index (κ2) is 5.21. The Kier molecular flexibility index (Phi) is 3.67. The average molecular weight is 234 g/mol. The Labute approximate surface area is 101 Å². The maximum Gasteiger partial charge on any atom is 0.306 e. The number of para-hydroxylation sites is 1. The summed E-state index contributed by atoms with van der Waals surface area (Å²) in [5.74, 6) is 0.390. The van der Waals surface area contributed by atoms with E-state index in [1.807, 2.05) is 25.1 Å². The van der Waals surface area contributed by atoms with E-state index < -0.39 is 5.97 Å². The van der Waals surface area contributed by atoms with Gasteiger partial charge in [0.25, 0.3) is 0 Å². The molecule has 0 aromatic heterocycles. The van der Waals surface area contributed by atoms with Crippen LogP contribution in [0.3, 0.4) is 0 Å². The van der Waals surface area contributed by atoms with Gasteiger partial charge in [-0.3, -0.25) is 4.79 Å². The summed E-state index contributed by atoms with van der Waals surface area (Å²) in [6, 6.07) is 7.97. The van der Waals surface area contributed by atoms with E-state index in [1.165, 1.54) is 0 Å². The quantitative estimate of drug-likeness (QED) is 0.871. The molecule has 0 aliphatic heterocycles. The Morgan fingerprint density at radius 3 is 2.82 bits per heavy atom. The first-order valence-corrected chi connectivity index (χ1v) is 6.17. The lowest BCUT2D eigenvalue weighted by Gasteiger charge is -2.15. The molecule has 0 heterocycles. The standard InChI is InChI=1S/C14H18O3/c1-2-17-13-6-4-3-5-12(13)10-7-8-11(9-10)14(15)16/h3-6,10-11H,2,7-9H2,1H3,(H,15,16). The van der Waals surface area contributed by atoms with Crippen molar-refractivity contribution in [2.24, 2.45) is 5.92 Å². The monoisotopic (exact) mass is 234 g/mol. The average Bonchev–Trinajstić information content (AvgIpc) is 2.79. The highest BCUT2D eigenvalue weighted by Crippen LogP contribution is 2.41. The van der Waals surface area contributed by atoms with Crippen LogP contribution in [0.25, 0.3) is 0 Å². The van der Waals surface area contributed by atoms with E-state index in [-0.39, 0.29) is 5.92 Å². The van der Waals surface area contributed by atoms with Crippen LogP contribution >= 0.6 is 0 Å². The normalized spacial score (nSPS) is 23.6. The minimum absolute atomic E-state index is 0.185. The van der Waals surface area contributed by atoms with Crippen molar-refractivity contribution in [1.29, 1.82) is 0 Å². The molecule has 1 N–H and O–H groups in total. The first-order valence-electron chi connectivity index (χ1n) is 6.17. The third-order valence-corrected chi connectivity index (χ3v) is 3.44. The number of hydrogen-bond acceptors (Lipinski definition) is 2. The summed E-state index contributed by atoms with van der Waals surface area (Å²) in [4.78, 5) is 11.0. The van der Waals surface area contributed by atoms with Crippen molar-refractivity contribution in [3.8, 4) is 5.75 Å². The molecule has 2 atom stereocenters.